The highest BCUT2D eigenvalue weighted by atomic mass is 16.3. The van der Waals surface area contributed by atoms with Crippen molar-refractivity contribution in [3.05, 3.63) is 47.7 Å². The van der Waals surface area contributed by atoms with Gasteiger partial charge in [0.05, 0.1) is 6.54 Å². The monoisotopic (exact) mass is 257 g/mol. The van der Waals surface area contributed by atoms with Crippen LogP contribution in [-0.2, 0) is 13.0 Å². The molecule has 1 aromatic carbocycles. The lowest BCUT2D eigenvalue weighted by Crippen LogP contribution is -2.21. The third-order valence-electron chi connectivity index (χ3n) is 3.12. The molecule has 19 heavy (non-hydrogen) atoms. The number of benzene rings is 1. The Balaban J connectivity index is 2.05. The average Bonchev–Trinajstić information content (AvgIpc) is 2.86. The minimum Gasteiger partial charge on any atom is -0.460 e. The first-order valence-corrected chi connectivity index (χ1v) is 7.10. The predicted molar refractivity (Wildman–Crippen MR) is 80.1 cm³/mol. The molecule has 102 valence electrons. The summed E-state index contributed by atoms with van der Waals surface area (Å²) in [5, 5.41) is 3.36. The maximum atomic E-state index is 5.86. The second-order valence-electron chi connectivity index (χ2n) is 5.25. The zero-order valence-corrected chi connectivity index (χ0v) is 12.1. The van der Waals surface area contributed by atoms with E-state index in [1.165, 1.54) is 12.0 Å². The third kappa shape index (κ3) is 3.97. The fraction of sp³-hybridized carbons (Fsp3) is 0.412. The lowest BCUT2D eigenvalue weighted by Gasteiger charge is -2.05. The van der Waals surface area contributed by atoms with Crippen LogP contribution in [0, 0.1) is 0 Å². The van der Waals surface area contributed by atoms with Gasteiger partial charge in [0.15, 0.2) is 0 Å². The summed E-state index contributed by atoms with van der Waals surface area (Å²) in [6.07, 6.45) is 2.33. The molecule has 0 amide bonds. The van der Waals surface area contributed by atoms with Gasteiger partial charge < -0.3 is 9.73 Å². The molecule has 1 heterocycles. The number of nitrogens with one attached hydrogen (secondary N) is 1. The number of furan rings is 1. The van der Waals surface area contributed by atoms with Crippen LogP contribution >= 0.6 is 0 Å². The van der Waals surface area contributed by atoms with Crippen molar-refractivity contribution in [3.63, 3.8) is 0 Å². The normalized spacial score (nSPS) is 11.2. The zero-order chi connectivity index (χ0) is 13.7. The van der Waals surface area contributed by atoms with Crippen molar-refractivity contribution in [2.24, 2.45) is 0 Å². The minimum absolute atomic E-state index is 0.474. The van der Waals surface area contributed by atoms with E-state index in [4.69, 9.17) is 4.42 Å². The Morgan fingerprint density at radius 1 is 1.05 bits per heavy atom. The molecule has 2 nitrogen and oxygen atoms in total. The molecule has 0 bridgehead atoms. The molecular formula is C17H23NO. The Labute approximate surface area is 115 Å². The van der Waals surface area contributed by atoms with Gasteiger partial charge >= 0.3 is 0 Å². The van der Waals surface area contributed by atoms with Gasteiger partial charge in [-0.2, -0.15) is 0 Å². The summed E-state index contributed by atoms with van der Waals surface area (Å²) in [5.74, 6) is 1.94. The molecule has 0 saturated carbocycles. The Bertz CT molecular complexity index is 496. The van der Waals surface area contributed by atoms with Crippen molar-refractivity contribution in [1.29, 1.82) is 0 Å². The number of rotatable bonds is 6. The first-order chi connectivity index (χ1) is 9.19. The van der Waals surface area contributed by atoms with E-state index in [9.17, 15) is 0 Å². The molecular weight excluding hydrogens is 234 g/mol. The van der Waals surface area contributed by atoms with Gasteiger partial charge in [-0.15, -0.1) is 0 Å². The van der Waals surface area contributed by atoms with E-state index < -0.39 is 0 Å². The van der Waals surface area contributed by atoms with Crippen molar-refractivity contribution >= 4 is 0 Å². The van der Waals surface area contributed by atoms with E-state index in [0.717, 1.165) is 30.0 Å². The average molecular weight is 257 g/mol. The largest absolute Gasteiger partial charge is 0.460 e. The zero-order valence-electron chi connectivity index (χ0n) is 12.1. The fourth-order valence-corrected chi connectivity index (χ4v) is 2.06. The van der Waals surface area contributed by atoms with Crippen LogP contribution in [0.25, 0.3) is 11.3 Å². The standard InChI is InChI=1S/C17H23NO/c1-4-5-14-6-8-15(9-7-14)17-11-10-16(19-17)12-18-13(2)3/h6-11,13,18H,4-5,12H2,1-3H3. The van der Waals surface area contributed by atoms with Gasteiger partial charge in [0, 0.05) is 11.6 Å². The topological polar surface area (TPSA) is 25.2 Å². The van der Waals surface area contributed by atoms with Gasteiger partial charge in [0.2, 0.25) is 0 Å². The van der Waals surface area contributed by atoms with Crippen molar-refractivity contribution in [2.45, 2.75) is 46.2 Å². The molecule has 0 fully saturated rings. The van der Waals surface area contributed by atoms with Crippen LogP contribution in [0.4, 0.5) is 0 Å². The number of aryl methyl sites for hydroxylation is 1. The van der Waals surface area contributed by atoms with Crippen LogP contribution in [0.1, 0.15) is 38.5 Å². The summed E-state index contributed by atoms with van der Waals surface area (Å²) in [6, 6.07) is 13.2. The Kier molecular flexibility index (Phi) is 4.80. The Morgan fingerprint density at radius 2 is 1.79 bits per heavy atom. The van der Waals surface area contributed by atoms with Crippen LogP contribution in [0.3, 0.4) is 0 Å². The van der Waals surface area contributed by atoms with E-state index in [2.05, 4.69) is 50.4 Å². The van der Waals surface area contributed by atoms with Crippen LogP contribution in [0.15, 0.2) is 40.8 Å². The summed E-state index contributed by atoms with van der Waals surface area (Å²) < 4.78 is 5.86. The molecule has 2 rings (SSSR count). The van der Waals surface area contributed by atoms with Gasteiger partial charge in [0.25, 0.3) is 0 Å². The molecule has 1 N–H and O–H groups in total. The first kappa shape index (κ1) is 13.9. The van der Waals surface area contributed by atoms with Crippen LogP contribution in [0.5, 0.6) is 0 Å². The SMILES string of the molecule is CCCc1ccc(-c2ccc(CNC(C)C)o2)cc1. The molecule has 0 radical (unpaired) electrons. The molecule has 0 aliphatic rings. The van der Waals surface area contributed by atoms with Gasteiger partial charge in [-0.1, -0.05) is 51.5 Å². The highest BCUT2D eigenvalue weighted by Crippen LogP contribution is 2.23. The molecule has 0 saturated heterocycles. The maximum Gasteiger partial charge on any atom is 0.134 e. The highest BCUT2D eigenvalue weighted by molar-refractivity contribution is 5.57. The van der Waals surface area contributed by atoms with Crippen LogP contribution in [0.2, 0.25) is 0 Å². The van der Waals surface area contributed by atoms with Crippen molar-refractivity contribution in [1.82, 2.24) is 5.32 Å². The van der Waals surface area contributed by atoms with Crippen LogP contribution in [-0.4, -0.2) is 6.04 Å². The molecule has 1 aromatic heterocycles. The van der Waals surface area contributed by atoms with E-state index in [1.54, 1.807) is 0 Å². The summed E-state index contributed by atoms with van der Waals surface area (Å²) in [6.45, 7) is 7.26. The lowest BCUT2D eigenvalue weighted by atomic mass is 10.1. The van der Waals surface area contributed by atoms with Gasteiger partial charge in [-0.05, 0) is 24.1 Å². The highest BCUT2D eigenvalue weighted by Gasteiger charge is 2.05. The molecule has 2 aromatic rings. The Hall–Kier alpha value is -1.54. The summed E-state index contributed by atoms with van der Waals surface area (Å²) >= 11 is 0. The quantitative estimate of drug-likeness (QED) is 0.830. The second-order valence-corrected chi connectivity index (χ2v) is 5.25. The smallest absolute Gasteiger partial charge is 0.134 e. The van der Waals surface area contributed by atoms with Gasteiger partial charge in [-0.3, -0.25) is 0 Å². The molecule has 0 aliphatic heterocycles. The molecule has 0 spiro atoms. The Morgan fingerprint density at radius 3 is 2.42 bits per heavy atom. The summed E-state index contributed by atoms with van der Waals surface area (Å²) in [5.41, 5.74) is 2.54. The summed E-state index contributed by atoms with van der Waals surface area (Å²) in [7, 11) is 0. The fourth-order valence-electron chi connectivity index (χ4n) is 2.06. The van der Waals surface area contributed by atoms with Crippen molar-refractivity contribution in [3.8, 4) is 11.3 Å². The maximum absolute atomic E-state index is 5.86. The van der Waals surface area contributed by atoms with Gasteiger partial charge in [0.1, 0.15) is 11.5 Å². The first-order valence-electron chi connectivity index (χ1n) is 7.10. The van der Waals surface area contributed by atoms with Crippen molar-refractivity contribution < 1.29 is 4.42 Å². The third-order valence-corrected chi connectivity index (χ3v) is 3.12. The number of hydrogen-bond donors (Lipinski definition) is 1. The van der Waals surface area contributed by atoms with E-state index in [0.29, 0.717) is 6.04 Å². The molecule has 2 heteroatoms. The van der Waals surface area contributed by atoms with E-state index in [-0.39, 0.29) is 0 Å². The summed E-state index contributed by atoms with van der Waals surface area (Å²) in [4.78, 5) is 0. The minimum atomic E-state index is 0.474. The van der Waals surface area contributed by atoms with E-state index in [1.807, 2.05) is 12.1 Å². The van der Waals surface area contributed by atoms with E-state index >= 15 is 0 Å². The van der Waals surface area contributed by atoms with Crippen molar-refractivity contribution in [2.75, 3.05) is 0 Å². The molecule has 0 unspecified atom stereocenters. The van der Waals surface area contributed by atoms with Gasteiger partial charge in [-0.25, -0.2) is 0 Å². The second kappa shape index (κ2) is 6.58. The molecule has 0 aliphatic carbocycles. The van der Waals surface area contributed by atoms with Crippen LogP contribution < -0.4 is 5.32 Å². The predicted octanol–water partition coefficient (Wildman–Crippen LogP) is 4.40. The number of hydrogen-bond acceptors (Lipinski definition) is 2. The molecule has 0 atom stereocenters. The lowest BCUT2D eigenvalue weighted by molar-refractivity contribution is 0.473.